The van der Waals surface area contributed by atoms with Crippen molar-refractivity contribution in [2.45, 2.75) is 25.0 Å². The fourth-order valence-electron chi connectivity index (χ4n) is 1.61. The molecule has 2 heterocycles. The monoisotopic (exact) mass is 224 g/mol. The van der Waals surface area contributed by atoms with Crippen LogP contribution in [0.1, 0.15) is 40.0 Å². The number of carboxylic acids is 1. The summed E-state index contributed by atoms with van der Waals surface area (Å²) in [6.45, 7) is 1.72. The number of carbonyl (C=O) groups is 1. The number of aromatic nitrogens is 2. The second kappa shape index (κ2) is 4.18. The van der Waals surface area contributed by atoms with Gasteiger partial charge in [0.15, 0.2) is 5.69 Å². The van der Waals surface area contributed by atoms with Crippen LogP contribution in [0.5, 0.6) is 0 Å². The van der Waals surface area contributed by atoms with Gasteiger partial charge in [0.2, 0.25) is 0 Å². The van der Waals surface area contributed by atoms with E-state index in [-0.39, 0.29) is 10.9 Å². The van der Waals surface area contributed by atoms with Gasteiger partial charge in [-0.2, -0.15) is 11.8 Å². The van der Waals surface area contributed by atoms with Gasteiger partial charge in [-0.1, -0.05) is 0 Å². The summed E-state index contributed by atoms with van der Waals surface area (Å²) in [5.74, 6) is 0.810. The zero-order valence-corrected chi connectivity index (χ0v) is 9.25. The van der Waals surface area contributed by atoms with Crippen molar-refractivity contribution < 1.29 is 9.90 Å². The SMILES string of the molecule is Cc1cnc(C2CCCS2)nc1C(=O)O. The molecule has 0 radical (unpaired) electrons. The van der Waals surface area contributed by atoms with Crippen molar-refractivity contribution in [2.75, 3.05) is 5.75 Å². The van der Waals surface area contributed by atoms with E-state index in [1.807, 2.05) is 0 Å². The molecule has 1 N–H and O–H groups in total. The van der Waals surface area contributed by atoms with E-state index in [9.17, 15) is 4.79 Å². The van der Waals surface area contributed by atoms with E-state index < -0.39 is 5.97 Å². The number of aromatic carboxylic acids is 1. The van der Waals surface area contributed by atoms with Crippen LogP contribution in [-0.4, -0.2) is 26.8 Å². The van der Waals surface area contributed by atoms with E-state index in [2.05, 4.69) is 9.97 Å². The van der Waals surface area contributed by atoms with E-state index in [4.69, 9.17) is 5.11 Å². The van der Waals surface area contributed by atoms with Gasteiger partial charge in [-0.05, 0) is 25.5 Å². The van der Waals surface area contributed by atoms with Gasteiger partial charge in [-0.25, -0.2) is 14.8 Å². The fraction of sp³-hybridized carbons (Fsp3) is 0.500. The highest BCUT2D eigenvalue weighted by molar-refractivity contribution is 7.99. The first-order chi connectivity index (χ1) is 7.18. The number of nitrogens with zero attached hydrogens (tertiary/aromatic N) is 2. The molecular formula is C10H12N2O2S. The van der Waals surface area contributed by atoms with Crippen LogP contribution in [0.4, 0.5) is 0 Å². The summed E-state index contributed by atoms with van der Waals surface area (Å²) in [6.07, 6.45) is 3.81. The van der Waals surface area contributed by atoms with Crippen molar-refractivity contribution in [3.05, 3.63) is 23.3 Å². The lowest BCUT2D eigenvalue weighted by atomic mass is 10.2. The van der Waals surface area contributed by atoms with Gasteiger partial charge < -0.3 is 5.11 Å². The number of carboxylic acid groups (broad SMARTS) is 1. The van der Waals surface area contributed by atoms with Crippen LogP contribution >= 0.6 is 11.8 Å². The summed E-state index contributed by atoms with van der Waals surface area (Å²) in [5.41, 5.74) is 0.752. The summed E-state index contributed by atoms with van der Waals surface area (Å²) >= 11 is 1.80. The molecule has 5 heteroatoms. The molecule has 1 saturated heterocycles. The molecule has 0 saturated carbocycles. The van der Waals surface area contributed by atoms with Crippen molar-refractivity contribution in [3.8, 4) is 0 Å². The van der Waals surface area contributed by atoms with E-state index in [0.29, 0.717) is 11.4 Å². The van der Waals surface area contributed by atoms with Crippen LogP contribution in [0.3, 0.4) is 0 Å². The molecule has 1 aromatic rings. The molecule has 0 amide bonds. The van der Waals surface area contributed by atoms with Gasteiger partial charge in [0.25, 0.3) is 0 Å². The Morgan fingerprint density at radius 3 is 3.07 bits per heavy atom. The molecule has 80 valence electrons. The van der Waals surface area contributed by atoms with Crippen molar-refractivity contribution in [1.29, 1.82) is 0 Å². The van der Waals surface area contributed by atoms with Gasteiger partial charge in [0, 0.05) is 11.8 Å². The van der Waals surface area contributed by atoms with Gasteiger partial charge in [0.05, 0.1) is 5.25 Å². The summed E-state index contributed by atoms with van der Waals surface area (Å²) in [4.78, 5) is 19.2. The molecule has 1 aromatic heterocycles. The third-order valence-electron chi connectivity index (χ3n) is 2.41. The van der Waals surface area contributed by atoms with Gasteiger partial charge in [-0.15, -0.1) is 0 Å². The lowest BCUT2D eigenvalue weighted by Gasteiger charge is -2.08. The number of hydrogen-bond donors (Lipinski definition) is 1. The van der Waals surface area contributed by atoms with Crippen molar-refractivity contribution in [1.82, 2.24) is 9.97 Å². The van der Waals surface area contributed by atoms with Gasteiger partial charge >= 0.3 is 5.97 Å². The Morgan fingerprint density at radius 2 is 2.47 bits per heavy atom. The van der Waals surface area contributed by atoms with Crippen molar-refractivity contribution in [3.63, 3.8) is 0 Å². The van der Waals surface area contributed by atoms with Crippen LogP contribution in [0.15, 0.2) is 6.20 Å². The molecule has 0 spiro atoms. The number of thioether (sulfide) groups is 1. The maximum Gasteiger partial charge on any atom is 0.354 e. The first-order valence-corrected chi connectivity index (χ1v) is 5.92. The molecule has 0 aromatic carbocycles. The minimum atomic E-state index is -0.973. The second-order valence-electron chi connectivity index (χ2n) is 3.57. The molecule has 1 aliphatic rings. The van der Waals surface area contributed by atoms with Gasteiger partial charge in [0.1, 0.15) is 5.82 Å². The van der Waals surface area contributed by atoms with E-state index >= 15 is 0 Å². The Morgan fingerprint density at radius 1 is 1.67 bits per heavy atom. The molecule has 2 rings (SSSR count). The summed E-state index contributed by atoms with van der Waals surface area (Å²) in [5, 5.41) is 9.22. The molecule has 1 unspecified atom stereocenters. The van der Waals surface area contributed by atoms with Crippen LogP contribution in [-0.2, 0) is 0 Å². The van der Waals surface area contributed by atoms with Crippen LogP contribution < -0.4 is 0 Å². The van der Waals surface area contributed by atoms with Crippen molar-refractivity contribution >= 4 is 17.7 Å². The van der Waals surface area contributed by atoms with E-state index in [0.717, 1.165) is 18.6 Å². The average molecular weight is 224 g/mol. The molecule has 1 aliphatic heterocycles. The minimum Gasteiger partial charge on any atom is -0.477 e. The molecule has 1 atom stereocenters. The zero-order chi connectivity index (χ0) is 10.8. The van der Waals surface area contributed by atoms with Crippen LogP contribution in [0.25, 0.3) is 0 Å². The molecule has 1 fully saturated rings. The van der Waals surface area contributed by atoms with Crippen LogP contribution in [0.2, 0.25) is 0 Å². The molecule has 0 aliphatic carbocycles. The topological polar surface area (TPSA) is 63.1 Å². The first-order valence-electron chi connectivity index (χ1n) is 4.87. The predicted octanol–water partition coefficient (Wildman–Crippen LogP) is 2.05. The van der Waals surface area contributed by atoms with Gasteiger partial charge in [-0.3, -0.25) is 0 Å². The number of aryl methyl sites for hydroxylation is 1. The third kappa shape index (κ3) is 2.12. The Balaban J connectivity index is 2.33. The largest absolute Gasteiger partial charge is 0.477 e. The Labute approximate surface area is 92.1 Å². The Kier molecular flexibility index (Phi) is 2.90. The highest BCUT2D eigenvalue weighted by atomic mass is 32.2. The third-order valence-corrected chi connectivity index (χ3v) is 3.78. The maximum absolute atomic E-state index is 10.9. The smallest absolute Gasteiger partial charge is 0.354 e. The standard InChI is InChI=1S/C10H12N2O2S/c1-6-5-11-9(7-3-2-4-15-7)12-8(6)10(13)14/h5,7H,2-4H2,1H3,(H,13,14). The second-order valence-corrected chi connectivity index (χ2v) is 4.88. The molecule has 0 bridgehead atoms. The highest BCUT2D eigenvalue weighted by Gasteiger charge is 2.22. The van der Waals surface area contributed by atoms with Crippen molar-refractivity contribution in [2.24, 2.45) is 0 Å². The quantitative estimate of drug-likeness (QED) is 0.833. The minimum absolute atomic E-state index is 0.132. The Hall–Kier alpha value is -1.10. The molecule has 4 nitrogen and oxygen atoms in total. The fourth-order valence-corrected chi connectivity index (χ4v) is 2.82. The summed E-state index contributed by atoms with van der Waals surface area (Å²) < 4.78 is 0. The Bertz CT molecular complexity index is 389. The normalized spacial score (nSPS) is 20.5. The van der Waals surface area contributed by atoms with Crippen LogP contribution in [0, 0.1) is 6.92 Å². The maximum atomic E-state index is 10.9. The molecular weight excluding hydrogens is 212 g/mol. The predicted molar refractivity (Wildman–Crippen MR) is 58.2 cm³/mol. The summed E-state index contributed by atoms with van der Waals surface area (Å²) in [7, 11) is 0. The number of rotatable bonds is 2. The van der Waals surface area contributed by atoms with E-state index in [1.54, 1.807) is 24.9 Å². The van der Waals surface area contributed by atoms with E-state index in [1.165, 1.54) is 0 Å². The molecule has 15 heavy (non-hydrogen) atoms. The highest BCUT2D eigenvalue weighted by Crippen LogP contribution is 2.38. The lowest BCUT2D eigenvalue weighted by molar-refractivity contribution is 0.0689. The first kappa shape index (κ1) is 10.4. The number of hydrogen-bond acceptors (Lipinski definition) is 4. The zero-order valence-electron chi connectivity index (χ0n) is 8.43. The average Bonchev–Trinajstić information content (AvgIpc) is 2.71. The summed E-state index contributed by atoms with van der Waals surface area (Å²) in [6, 6.07) is 0. The lowest BCUT2D eigenvalue weighted by Crippen LogP contribution is -2.08.